The number of nitrogens with one attached hydrogen (secondary N) is 1. The van der Waals surface area contributed by atoms with Crippen molar-refractivity contribution in [2.45, 2.75) is 44.3 Å². The molecule has 8 nitrogen and oxygen atoms in total. The molecule has 1 amide bonds. The number of thioether (sulfide) groups is 1. The van der Waals surface area contributed by atoms with E-state index >= 15 is 0 Å². The van der Waals surface area contributed by atoms with E-state index in [2.05, 4.69) is 15.5 Å². The van der Waals surface area contributed by atoms with Crippen LogP contribution in [0.25, 0.3) is 0 Å². The van der Waals surface area contributed by atoms with Crippen molar-refractivity contribution in [3.8, 4) is 11.5 Å². The van der Waals surface area contributed by atoms with Crippen LogP contribution >= 0.6 is 11.8 Å². The number of carbonyl (C=O) groups excluding carboxylic acids is 1. The minimum atomic E-state index is -0.409. The first kappa shape index (κ1) is 22.5. The Morgan fingerprint density at radius 2 is 1.87 bits per heavy atom. The number of hydrogen-bond donors (Lipinski definition) is 2. The lowest BCUT2D eigenvalue weighted by Gasteiger charge is -2.13. The summed E-state index contributed by atoms with van der Waals surface area (Å²) in [5, 5.41) is 11.2. The zero-order valence-electron chi connectivity index (χ0n) is 18.1. The first-order valence-corrected chi connectivity index (χ1v) is 10.7. The van der Waals surface area contributed by atoms with Crippen molar-refractivity contribution in [1.29, 1.82) is 0 Å². The number of nitrogens with zero attached hydrogens (tertiary/aromatic N) is 3. The molecule has 0 aliphatic rings. The molecule has 31 heavy (non-hydrogen) atoms. The molecule has 0 aliphatic heterocycles. The molecule has 0 spiro atoms. The lowest BCUT2D eigenvalue weighted by atomic mass is 10.1. The molecule has 0 saturated carbocycles. The van der Waals surface area contributed by atoms with Crippen LogP contribution in [0.5, 0.6) is 11.5 Å². The number of rotatable bonds is 9. The molecule has 0 fully saturated rings. The van der Waals surface area contributed by atoms with Crippen molar-refractivity contribution in [3.05, 3.63) is 65.0 Å². The molecule has 9 heteroatoms. The van der Waals surface area contributed by atoms with Crippen molar-refractivity contribution in [3.63, 3.8) is 0 Å². The molecule has 1 atom stereocenters. The van der Waals surface area contributed by atoms with Gasteiger partial charge in [-0.15, -0.1) is 10.2 Å². The minimum Gasteiger partial charge on any atom is -0.496 e. The van der Waals surface area contributed by atoms with E-state index in [9.17, 15) is 4.79 Å². The fourth-order valence-corrected chi connectivity index (χ4v) is 3.85. The third kappa shape index (κ3) is 5.49. The van der Waals surface area contributed by atoms with Gasteiger partial charge in [-0.05, 0) is 38.0 Å². The molecular weight excluding hydrogens is 414 g/mol. The highest BCUT2D eigenvalue weighted by Gasteiger charge is 2.20. The van der Waals surface area contributed by atoms with Gasteiger partial charge in [-0.2, -0.15) is 0 Å². The summed E-state index contributed by atoms with van der Waals surface area (Å²) < 4.78 is 12.6. The topological polar surface area (TPSA) is 104 Å². The number of benzene rings is 2. The SMILES string of the molecule is COc1ccccc1CNC(=O)C(C)Sc1nnc(COc2c(C)cccc2C)n1N. The third-order valence-electron chi connectivity index (χ3n) is 4.79. The predicted octanol–water partition coefficient (Wildman–Crippen LogP) is 2.99. The van der Waals surface area contributed by atoms with Crippen molar-refractivity contribution in [1.82, 2.24) is 20.2 Å². The number of nitrogen functional groups attached to an aromatic ring is 1. The second-order valence-corrected chi connectivity index (χ2v) is 8.38. The number of ether oxygens (including phenoxy) is 2. The number of amides is 1. The Bertz CT molecular complexity index is 1030. The van der Waals surface area contributed by atoms with Crippen LogP contribution in [0, 0.1) is 13.8 Å². The Morgan fingerprint density at radius 3 is 2.58 bits per heavy atom. The van der Waals surface area contributed by atoms with Gasteiger partial charge in [0.05, 0.1) is 12.4 Å². The van der Waals surface area contributed by atoms with Gasteiger partial charge in [0.15, 0.2) is 5.82 Å². The first-order chi connectivity index (χ1) is 14.9. The summed E-state index contributed by atoms with van der Waals surface area (Å²) in [5.74, 6) is 8.03. The number of aromatic nitrogens is 3. The predicted molar refractivity (Wildman–Crippen MR) is 121 cm³/mol. The van der Waals surface area contributed by atoms with Crippen molar-refractivity contribution < 1.29 is 14.3 Å². The monoisotopic (exact) mass is 441 g/mol. The summed E-state index contributed by atoms with van der Waals surface area (Å²) in [7, 11) is 1.61. The molecule has 0 aliphatic carbocycles. The van der Waals surface area contributed by atoms with Gasteiger partial charge in [-0.1, -0.05) is 48.2 Å². The fourth-order valence-electron chi connectivity index (χ4n) is 3.04. The number of hydrogen-bond acceptors (Lipinski definition) is 7. The number of carbonyl (C=O) groups is 1. The van der Waals surface area contributed by atoms with Gasteiger partial charge >= 0.3 is 0 Å². The fraction of sp³-hybridized carbons (Fsp3) is 0.318. The Balaban J connectivity index is 1.57. The van der Waals surface area contributed by atoms with E-state index in [1.165, 1.54) is 16.4 Å². The Morgan fingerprint density at radius 1 is 1.16 bits per heavy atom. The van der Waals surface area contributed by atoms with Crippen LogP contribution in [0.2, 0.25) is 0 Å². The Labute approximate surface area is 186 Å². The second-order valence-electron chi connectivity index (χ2n) is 7.07. The van der Waals surface area contributed by atoms with E-state index in [4.69, 9.17) is 15.3 Å². The summed E-state index contributed by atoms with van der Waals surface area (Å²) in [5.41, 5.74) is 2.99. The summed E-state index contributed by atoms with van der Waals surface area (Å²) in [6.07, 6.45) is 0. The van der Waals surface area contributed by atoms with Crippen molar-refractivity contribution in [2.24, 2.45) is 0 Å². The van der Waals surface area contributed by atoms with E-state index in [0.29, 0.717) is 17.5 Å². The lowest BCUT2D eigenvalue weighted by Crippen LogP contribution is -2.31. The van der Waals surface area contributed by atoms with Crippen molar-refractivity contribution >= 4 is 17.7 Å². The van der Waals surface area contributed by atoms with Crippen LogP contribution in [0.3, 0.4) is 0 Å². The standard InChI is InChI=1S/C22H27N5O3S/c1-14-8-7-9-15(2)20(14)30-13-19-25-26-22(27(19)23)31-16(3)21(28)24-12-17-10-5-6-11-18(17)29-4/h5-11,16H,12-13,23H2,1-4H3,(H,24,28). The van der Waals surface area contributed by atoms with Crippen LogP contribution < -0.4 is 20.6 Å². The lowest BCUT2D eigenvalue weighted by molar-refractivity contribution is -0.120. The zero-order chi connectivity index (χ0) is 22.4. The van der Waals surface area contributed by atoms with Crippen molar-refractivity contribution in [2.75, 3.05) is 13.0 Å². The molecule has 0 radical (unpaired) electrons. The smallest absolute Gasteiger partial charge is 0.233 e. The van der Waals surface area contributed by atoms with Gasteiger partial charge in [-0.3, -0.25) is 4.79 Å². The number of aryl methyl sites for hydroxylation is 2. The average Bonchev–Trinajstić information content (AvgIpc) is 3.11. The molecule has 1 aromatic heterocycles. The maximum atomic E-state index is 12.5. The Hall–Kier alpha value is -3.20. The molecule has 164 valence electrons. The van der Waals surface area contributed by atoms with E-state index < -0.39 is 5.25 Å². The van der Waals surface area contributed by atoms with Crippen LogP contribution in [0.1, 0.15) is 29.4 Å². The zero-order valence-corrected chi connectivity index (χ0v) is 18.9. The van der Waals surface area contributed by atoms with Gasteiger partial charge in [0.2, 0.25) is 11.1 Å². The molecule has 3 N–H and O–H groups in total. The summed E-state index contributed by atoms with van der Waals surface area (Å²) in [6, 6.07) is 13.5. The normalized spacial score (nSPS) is 11.7. The number of nitrogens with two attached hydrogens (primary N) is 1. The molecule has 3 rings (SSSR count). The van der Waals surface area contributed by atoms with E-state index in [-0.39, 0.29) is 12.5 Å². The first-order valence-electron chi connectivity index (χ1n) is 9.85. The summed E-state index contributed by atoms with van der Waals surface area (Å²) >= 11 is 1.24. The van der Waals surface area contributed by atoms with Gasteiger partial charge in [0.25, 0.3) is 0 Å². The molecular formula is C22H27N5O3S. The molecule has 0 bridgehead atoms. The van der Waals surface area contributed by atoms with Gasteiger partial charge in [0.1, 0.15) is 18.1 Å². The van der Waals surface area contributed by atoms with E-state index in [0.717, 1.165) is 28.2 Å². The Kier molecular flexibility index (Phi) is 7.41. The van der Waals surface area contributed by atoms with Gasteiger partial charge < -0.3 is 20.6 Å². The maximum Gasteiger partial charge on any atom is 0.233 e. The largest absolute Gasteiger partial charge is 0.496 e. The molecule has 3 aromatic rings. The van der Waals surface area contributed by atoms with Crippen LogP contribution in [0.15, 0.2) is 47.6 Å². The highest BCUT2D eigenvalue weighted by Crippen LogP contribution is 2.25. The van der Waals surface area contributed by atoms with Gasteiger partial charge in [0, 0.05) is 12.1 Å². The highest BCUT2D eigenvalue weighted by atomic mass is 32.2. The molecule has 1 heterocycles. The second kappa shape index (κ2) is 10.2. The average molecular weight is 442 g/mol. The number of para-hydroxylation sites is 2. The van der Waals surface area contributed by atoms with Crippen LogP contribution in [-0.2, 0) is 17.9 Å². The molecule has 0 saturated heterocycles. The number of methoxy groups -OCH3 is 1. The van der Waals surface area contributed by atoms with E-state index in [1.54, 1.807) is 14.0 Å². The van der Waals surface area contributed by atoms with Crippen LogP contribution in [0.4, 0.5) is 0 Å². The van der Waals surface area contributed by atoms with Gasteiger partial charge in [-0.25, -0.2) is 4.68 Å². The van der Waals surface area contributed by atoms with Crippen LogP contribution in [-0.4, -0.2) is 33.1 Å². The minimum absolute atomic E-state index is 0.132. The maximum absolute atomic E-state index is 12.5. The quantitative estimate of drug-likeness (QED) is 0.388. The molecule has 2 aromatic carbocycles. The summed E-state index contributed by atoms with van der Waals surface area (Å²) in [6.45, 7) is 6.33. The summed E-state index contributed by atoms with van der Waals surface area (Å²) in [4.78, 5) is 12.5. The van der Waals surface area contributed by atoms with E-state index in [1.807, 2.05) is 56.3 Å². The molecule has 1 unspecified atom stereocenters. The third-order valence-corrected chi connectivity index (χ3v) is 5.84. The highest BCUT2D eigenvalue weighted by molar-refractivity contribution is 8.00.